The average molecular weight is 277 g/mol. The minimum atomic E-state index is -0.696. The fraction of sp³-hybridized carbons (Fsp3) is 0.429. The number of anilines is 1. The van der Waals surface area contributed by atoms with Gasteiger partial charge in [0.15, 0.2) is 0 Å². The van der Waals surface area contributed by atoms with Gasteiger partial charge in [-0.2, -0.15) is 0 Å². The van der Waals surface area contributed by atoms with Crippen molar-refractivity contribution in [1.82, 2.24) is 10.6 Å². The second-order valence-corrected chi connectivity index (χ2v) is 4.50. The molecule has 0 unspecified atom stereocenters. The first-order chi connectivity index (χ1) is 9.70. The summed E-state index contributed by atoms with van der Waals surface area (Å²) in [6, 6.07) is 7.94. The SMILES string of the molecule is CCOC(=O)NC(=O)CN1CCNCc2ccccc21. The summed E-state index contributed by atoms with van der Waals surface area (Å²) in [6.45, 7) is 4.37. The van der Waals surface area contributed by atoms with E-state index in [-0.39, 0.29) is 19.1 Å². The van der Waals surface area contributed by atoms with Crippen molar-refractivity contribution in [1.29, 1.82) is 0 Å². The lowest BCUT2D eigenvalue weighted by molar-refractivity contribution is -0.119. The van der Waals surface area contributed by atoms with E-state index >= 15 is 0 Å². The van der Waals surface area contributed by atoms with Gasteiger partial charge in [-0.25, -0.2) is 4.79 Å². The average Bonchev–Trinajstić information content (AvgIpc) is 2.62. The largest absolute Gasteiger partial charge is 0.450 e. The molecule has 2 amide bonds. The number of alkyl carbamates (subject to hydrolysis) is 1. The van der Waals surface area contributed by atoms with Crippen LogP contribution < -0.4 is 15.5 Å². The summed E-state index contributed by atoms with van der Waals surface area (Å²) in [5.41, 5.74) is 2.17. The van der Waals surface area contributed by atoms with Crippen LogP contribution in [0.4, 0.5) is 10.5 Å². The Balaban J connectivity index is 2.02. The number of carbonyl (C=O) groups is 2. The number of hydrogen-bond acceptors (Lipinski definition) is 5. The van der Waals surface area contributed by atoms with E-state index in [1.54, 1.807) is 6.92 Å². The Morgan fingerprint density at radius 1 is 1.40 bits per heavy atom. The van der Waals surface area contributed by atoms with Crippen LogP contribution in [0.1, 0.15) is 12.5 Å². The van der Waals surface area contributed by atoms with Gasteiger partial charge in [-0.3, -0.25) is 10.1 Å². The Morgan fingerprint density at radius 2 is 2.20 bits per heavy atom. The summed E-state index contributed by atoms with van der Waals surface area (Å²) in [4.78, 5) is 25.0. The molecule has 0 radical (unpaired) electrons. The van der Waals surface area contributed by atoms with E-state index in [9.17, 15) is 9.59 Å². The molecule has 0 saturated heterocycles. The molecule has 1 aliphatic heterocycles. The summed E-state index contributed by atoms with van der Waals surface area (Å²) >= 11 is 0. The second-order valence-electron chi connectivity index (χ2n) is 4.50. The Hall–Kier alpha value is -2.08. The highest BCUT2D eigenvalue weighted by Gasteiger charge is 2.18. The van der Waals surface area contributed by atoms with Crippen LogP contribution in [-0.2, 0) is 16.1 Å². The third-order valence-electron chi connectivity index (χ3n) is 3.06. The number of imide groups is 1. The first kappa shape index (κ1) is 14.3. The fourth-order valence-corrected chi connectivity index (χ4v) is 2.18. The zero-order valence-electron chi connectivity index (χ0n) is 11.5. The van der Waals surface area contributed by atoms with E-state index in [0.29, 0.717) is 6.54 Å². The summed E-state index contributed by atoms with van der Waals surface area (Å²) in [7, 11) is 0. The van der Waals surface area contributed by atoms with Crippen LogP contribution in [0.15, 0.2) is 24.3 Å². The molecule has 1 aromatic carbocycles. The number of rotatable bonds is 3. The van der Waals surface area contributed by atoms with Gasteiger partial charge in [-0.1, -0.05) is 18.2 Å². The van der Waals surface area contributed by atoms with Crippen molar-refractivity contribution in [2.24, 2.45) is 0 Å². The lowest BCUT2D eigenvalue weighted by Crippen LogP contribution is -2.41. The number of carbonyl (C=O) groups excluding carboxylic acids is 2. The predicted molar refractivity (Wildman–Crippen MR) is 75.5 cm³/mol. The molecule has 1 aliphatic rings. The minimum absolute atomic E-state index is 0.136. The molecular weight excluding hydrogens is 258 g/mol. The van der Waals surface area contributed by atoms with Gasteiger partial charge < -0.3 is 15.0 Å². The third-order valence-corrected chi connectivity index (χ3v) is 3.06. The maximum absolute atomic E-state index is 11.8. The number of nitrogens with one attached hydrogen (secondary N) is 2. The van der Waals surface area contributed by atoms with Gasteiger partial charge in [-0.05, 0) is 18.6 Å². The highest BCUT2D eigenvalue weighted by molar-refractivity contribution is 5.94. The van der Waals surface area contributed by atoms with Crippen LogP contribution in [0.5, 0.6) is 0 Å². The fourth-order valence-electron chi connectivity index (χ4n) is 2.18. The zero-order chi connectivity index (χ0) is 14.4. The first-order valence-corrected chi connectivity index (χ1v) is 6.71. The Bertz CT molecular complexity index is 490. The lowest BCUT2D eigenvalue weighted by Gasteiger charge is -2.23. The summed E-state index contributed by atoms with van der Waals surface area (Å²) in [5, 5.41) is 5.52. The predicted octanol–water partition coefficient (Wildman–Crippen LogP) is 0.869. The van der Waals surface area contributed by atoms with Gasteiger partial charge in [0.1, 0.15) is 0 Å². The smallest absolute Gasteiger partial charge is 0.413 e. The Kier molecular flexibility index (Phi) is 4.95. The molecule has 0 aromatic heterocycles. The highest BCUT2D eigenvalue weighted by atomic mass is 16.5. The van der Waals surface area contributed by atoms with Crippen LogP contribution >= 0.6 is 0 Å². The van der Waals surface area contributed by atoms with Crippen LogP contribution in [0, 0.1) is 0 Å². The quantitative estimate of drug-likeness (QED) is 0.858. The normalized spacial score (nSPS) is 14.2. The third kappa shape index (κ3) is 3.71. The van der Waals surface area contributed by atoms with E-state index in [2.05, 4.69) is 10.6 Å². The van der Waals surface area contributed by atoms with Gasteiger partial charge in [0.2, 0.25) is 5.91 Å². The number of nitrogens with zero attached hydrogens (tertiary/aromatic N) is 1. The molecule has 1 aromatic rings. The van der Waals surface area contributed by atoms with E-state index in [1.165, 1.54) is 0 Å². The van der Waals surface area contributed by atoms with E-state index in [0.717, 1.165) is 24.3 Å². The molecule has 2 N–H and O–H groups in total. The maximum Gasteiger partial charge on any atom is 0.413 e. The van der Waals surface area contributed by atoms with E-state index in [1.807, 2.05) is 29.2 Å². The summed E-state index contributed by atoms with van der Waals surface area (Å²) < 4.78 is 4.69. The van der Waals surface area contributed by atoms with Crippen LogP contribution in [0.25, 0.3) is 0 Å². The van der Waals surface area contributed by atoms with E-state index < -0.39 is 6.09 Å². The van der Waals surface area contributed by atoms with Gasteiger partial charge in [-0.15, -0.1) is 0 Å². The van der Waals surface area contributed by atoms with Crippen molar-refractivity contribution >= 4 is 17.7 Å². The molecular formula is C14H19N3O3. The number of fused-ring (bicyclic) bond motifs is 1. The molecule has 20 heavy (non-hydrogen) atoms. The maximum atomic E-state index is 11.8. The van der Waals surface area contributed by atoms with Crippen molar-refractivity contribution in [2.75, 3.05) is 31.1 Å². The van der Waals surface area contributed by atoms with Gasteiger partial charge in [0.05, 0.1) is 13.2 Å². The monoisotopic (exact) mass is 277 g/mol. The van der Waals surface area contributed by atoms with Crippen molar-refractivity contribution < 1.29 is 14.3 Å². The molecule has 0 fully saturated rings. The number of para-hydroxylation sites is 1. The standard InChI is InChI=1S/C14H19N3O3/c1-2-20-14(19)16-13(18)10-17-8-7-15-9-11-5-3-4-6-12(11)17/h3-6,15H,2,7-10H2,1H3,(H,16,18,19). The zero-order valence-corrected chi connectivity index (χ0v) is 11.5. The lowest BCUT2D eigenvalue weighted by atomic mass is 10.1. The van der Waals surface area contributed by atoms with Gasteiger partial charge in [0.25, 0.3) is 0 Å². The number of benzene rings is 1. The molecule has 6 heteroatoms. The minimum Gasteiger partial charge on any atom is -0.450 e. The summed E-state index contributed by atoms with van der Waals surface area (Å²) in [5.74, 6) is -0.361. The van der Waals surface area contributed by atoms with Gasteiger partial charge in [0, 0.05) is 25.3 Å². The molecule has 0 saturated carbocycles. The van der Waals surface area contributed by atoms with Crippen LogP contribution in [0.3, 0.4) is 0 Å². The molecule has 2 rings (SSSR count). The van der Waals surface area contributed by atoms with Crippen LogP contribution in [0.2, 0.25) is 0 Å². The molecule has 0 bridgehead atoms. The number of ether oxygens (including phenoxy) is 1. The second kappa shape index (κ2) is 6.91. The topological polar surface area (TPSA) is 70.7 Å². The van der Waals surface area contributed by atoms with E-state index in [4.69, 9.17) is 4.74 Å². The Labute approximate surface area is 118 Å². The van der Waals surface area contributed by atoms with Crippen molar-refractivity contribution in [2.45, 2.75) is 13.5 Å². The van der Waals surface area contributed by atoms with Gasteiger partial charge >= 0.3 is 6.09 Å². The number of hydrogen-bond donors (Lipinski definition) is 2. The highest BCUT2D eigenvalue weighted by Crippen LogP contribution is 2.21. The van der Waals surface area contributed by atoms with Crippen molar-refractivity contribution in [3.63, 3.8) is 0 Å². The van der Waals surface area contributed by atoms with Crippen LogP contribution in [-0.4, -0.2) is 38.2 Å². The molecule has 0 aliphatic carbocycles. The molecule has 0 atom stereocenters. The first-order valence-electron chi connectivity index (χ1n) is 6.71. The van der Waals surface area contributed by atoms with Crippen molar-refractivity contribution in [3.05, 3.63) is 29.8 Å². The summed E-state index contributed by atoms with van der Waals surface area (Å²) in [6.07, 6.45) is -0.696. The molecule has 6 nitrogen and oxygen atoms in total. The van der Waals surface area contributed by atoms with Crippen molar-refractivity contribution in [3.8, 4) is 0 Å². The molecule has 108 valence electrons. The molecule has 1 heterocycles. The molecule has 0 spiro atoms. The Morgan fingerprint density at radius 3 is 3.00 bits per heavy atom. The number of amides is 2.